The molecule has 59 heavy (non-hydrogen) atoms. The lowest BCUT2D eigenvalue weighted by Gasteiger charge is -2.30. The van der Waals surface area contributed by atoms with Gasteiger partial charge in [0, 0.05) is 62.4 Å². The van der Waals surface area contributed by atoms with Crippen molar-refractivity contribution in [2.75, 3.05) is 20.8 Å². The fraction of sp³-hybridized carbons (Fsp3) is 0.548. The molecule has 1 aromatic rings. The van der Waals surface area contributed by atoms with Gasteiger partial charge in [-0.05, 0) is 57.4 Å². The Morgan fingerprint density at radius 3 is 2.41 bits per heavy atom. The number of aliphatic hydroxyl groups is 1. The van der Waals surface area contributed by atoms with Gasteiger partial charge in [-0.25, -0.2) is 9.59 Å². The average Bonchev–Trinajstić information content (AvgIpc) is 3.18. The Bertz CT molecular complexity index is 1980. The number of carbonyl (C=O) groups excluding carboxylic acids is 5. The van der Waals surface area contributed by atoms with E-state index >= 15 is 0 Å². The zero-order valence-electron chi connectivity index (χ0n) is 34.6. The van der Waals surface area contributed by atoms with E-state index in [0.717, 1.165) is 36.1 Å². The summed E-state index contributed by atoms with van der Waals surface area (Å²) >= 11 is 0. The van der Waals surface area contributed by atoms with Gasteiger partial charge in [-0.15, -0.1) is 0 Å². The quantitative estimate of drug-likeness (QED) is 0.104. The molecule has 2 aliphatic rings. The Hall–Kier alpha value is -5.26. The fourth-order valence-corrected chi connectivity index (χ4v) is 7.06. The van der Waals surface area contributed by atoms with E-state index in [9.17, 15) is 43.1 Å². The number of fused-ring (bicyclic) bond motifs is 2. The van der Waals surface area contributed by atoms with Gasteiger partial charge in [-0.2, -0.15) is 4.39 Å². The van der Waals surface area contributed by atoms with E-state index < -0.39 is 65.2 Å². The van der Waals surface area contributed by atoms with E-state index in [4.69, 9.17) is 19.9 Å². The van der Waals surface area contributed by atoms with Crippen molar-refractivity contribution in [3.8, 4) is 0 Å². The molecule has 0 saturated carbocycles. The molecule has 1 aromatic heterocycles. The van der Waals surface area contributed by atoms with Gasteiger partial charge in [0.15, 0.2) is 11.9 Å². The van der Waals surface area contributed by atoms with Gasteiger partial charge in [0.25, 0.3) is 11.5 Å². The van der Waals surface area contributed by atoms with Crippen LogP contribution in [0.15, 0.2) is 74.2 Å². The molecule has 6 N–H and O–H groups in total. The van der Waals surface area contributed by atoms with E-state index in [2.05, 4.69) is 10.6 Å². The summed E-state index contributed by atoms with van der Waals surface area (Å²) in [4.78, 5) is 89.7. The zero-order valence-corrected chi connectivity index (χ0v) is 34.6. The van der Waals surface area contributed by atoms with Crippen LogP contribution in [0.3, 0.4) is 0 Å². The summed E-state index contributed by atoms with van der Waals surface area (Å²) in [5.74, 6) is -3.59. The smallest absolute Gasteiger partial charge is 0.405 e. The molecule has 2 heterocycles. The molecule has 0 radical (unpaired) electrons. The van der Waals surface area contributed by atoms with Crippen molar-refractivity contribution in [2.45, 2.75) is 116 Å². The Morgan fingerprint density at radius 2 is 1.73 bits per heavy atom. The lowest BCUT2D eigenvalue weighted by molar-refractivity contribution is -0.121. The predicted octanol–water partition coefficient (Wildman–Crippen LogP) is 3.34. The standard InChI is InChI=1S/C42H58FN5O11/c1-24-19-29-28(14-10-8-7-9-11-17-45-35(50)16-18-48-23-30(43)40(54)47-42(48)56)32(49)22-31(37(29)52)46-39(53)25(2)13-12-15-33(57-5)38(59-41(44)55)27(4)21-26(3)36(51)34(20-24)58-6/h12-13,15,21-24,26,33-34,36,38,51H,7-11,14,16-20H2,1-6H3,(H2,44,55)(H,45,50)(H,46,53)(H,47,54,56)/b15-12-,25-13+,27-21+/t24-,26+,33+,34+,36+,38+/m1/s1. The molecule has 0 spiro atoms. The molecule has 0 aromatic carbocycles. The number of amides is 3. The largest absolute Gasteiger partial charge is 0.439 e. The maximum Gasteiger partial charge on any atom is 0.405 e. The van der Waals surface area contributed by atoms with Gasteiger partial charge in [-0.3, -0.25) is 33.5 Å². The number of halogens is 1. The first kappa shape index (κ1) is 48.1. The van der Waals surface area contributed by atoms with Crippen molar-refractivity contribution in [1.82, 2.24) is 20.2 Å². The number of H-pyrrole nitrogens is 1. The molecule has 3 amide bonds. The number of nitrogens with two attached hydrogens (primary N) is 1. The number of unbranched alkanes of at least 4 members (excludes halogenated alkanes) is 4. The maximum absolute atomic E-state index is 14.0. The molecule has 6 atom stereocenters. The number of aryl methyl sites for hydroxylation is 1. The monoisotopic (exact) mass is 827 g/mol. The summed E-state index contributed by atoms with van der Waals surface area (Å²) in [6, 6.07) is 0. The van der Waals surface area contributed by atoms with Crippen LogP contribution < -0.4 is 27.6 Å². The third kappa shape index (κ3) is 14.5. The highest BCUT2D eigenvalue weighted by molar-refractivity contribution is 6.23. The van der Waals surface area contributed by atoms with E-state index in [1.807, 2.05) is 11.9 Å². The van der Waals surface area contributed by atoms with Crippen LogP contribution in [0, 0.1) is 17.7 Å². The first-order valence-corrected chi connectivity index (χ1v) is 19.8. The second-order valence-electron chi connectivity index (χ2n) is 15.1. The van der Waals surface area contributed by atoms with Gasteiger partial charge in [0.2, 0.25) is 17.5 Å². The average molecular weight is 828 g/mol. The molecule has 3 rings (SSSR count). The Balaban J connectivity index is 1.72. The third-order valence-electron chi connectivity index (χ3n) is 10.4. The molecule has 2 bridgehead atoms. The Kier molecular flexibility index (Phi) is 19.1. The Morgan fingerprint density at radius 1 is 1.03 bits per heavy atom. The molecule has 16 nitrogen and oxygen atoms in total. The summed E-state index contributed by atoms with van der Waals surface area (Å²) in [7, 11) is 2.90. The number of hydrogen-bond donors (Lipinski definition) is 5. The summed E-state index contributed by atoms with van der Waals surface area (Å²) in [5.41, 5.74) is 4.79. The van der Waals surface area contributed by atoms with Gasteiger partial charge in [0.05, 0.1) is 24.1 Å². The number of nitrogens with one attached hydrogen (secondary N) is 3. The van der Waals surface area contributed by atoms with Crippen LogP contribution >= 0.6 is 0 Å². The number of rotatable bonds is 14. The molecule has 0 unspecified atom stereocenters. The molecule has 0 fully saturated rings. The van der Waals surface area contributed by atoms with Crippen molar-refractivity contribution < 1.29 is 47.7 Å². The number of aromatic amines is 1. The minimum absolute atomic E-state index is 0.0737. The lowest BCUT2D eigenvalue weighted by atomic mass is 9.82. The van der Waals surface area contributed by atoms with Crippen LogP contribution in [-0.2, 0) is 39.9 Å². The summed E-state index contributed by atoms with van der Waals surface area (Å²) < 4.78 is 31.1. The van der Waals surface area contributed by atoms with Crippen molar-refractivity contribution in [1.29, 1.82) is 0 Å². The van der Waals surface area contributed by atoms with Gasteiger partial charge in [0.1, 0.15) is 6.10 Å². The number of hydrogen-bond acceptors (Lipinski definition) is 11. The van der Waals surface area contributed by atoms with Crippen LogP contribution in [0.4, 0.5) is 9.18 Å². The van der Waals surface area contributed by atoms with Crippen LogP contribution in [0.25, 0.3) is 0 Å². The number of aliphatic hydroxyl groups excluding tert-OH is 1. The summed E-state index contributed by atoms with van der Waals surface area (Å²) in [6.07, 6.45) is 8.19. The number of aromatic nitrogens is 2. The first-order chi connectivity index (χ1) is 28.0. The first-order valence-electron chi connectivity index (χ1n) is 19.8. The van der Waals surface area contributed by atoms with Crippen molar-refractivity contribution in [3.05, 3.63) is 91.2 Å². The number of methoxy groups -OCH3 is 2. The van der Waals surface area contributed by atoms with Crippen molar-refractivity contribution >= 4 is 29.5 Å². The number of allylic oxidation sites excluding steroid dienone is 5. The number of Topliss-reactive ketones (excluding diaryl/α,β-unsaturated/α-hetero) is 1. The van der Waals surface area contributed by atoms with E-state index in [-0.39, 0.29) is 48.3 Å². The summed E-state index contributed by atoms with van der Waals surface area (Å²) in [6.45, 7) is 7.25. The fourth-order valence-electron chi connectivity index (χ4n) is 7.06. The number of ether oxygens (including phenoxy) is 3. The van der Waals surface area contributed by atoms with Gasteiger partial charge in [-0.1, -0.05) is 57.4 Å². The topological polar surface area (TPSA) is 238 Å². The molecule has 1 aliphatic heterocycles. The highest BCUT2D eigenvalue weighted by Crippen LogP contribution is 2.31. The van der Waals surface area contributed by atoms with Crippen LogP contribution in [0.2, 0.25) is 0 Å². The van der Waals surface area contributed by atoms with Gasteiger partial charge >= 0.3 is 11.8 Å². The normalized spacial score (nSPS) is 25.9. The molecular weight excluding hydrogens is 769 g/mol. The highest BCUT2D eigenvalue weighted by Gasteiger charge is 2.33. The SMILES string of the molecule is CO[C@H]1/C=C\C=C(/C)C(=O)NC2=CC(=O)C(CCCCCCCNC(=O)CCn3cc(F)c(=O)[nH]c3=O)=C(C[C@@H](C)C[C@H](OC)[C@@H](O)[C@@H](C)/C=C(\C)[C@@H]1OC(N)=O)C2=O. The van der Waals surface area contributed by atoms with Crippen molar-refractivity contribution in [3.63, 3.8) is 0 Å². The van der Waals surface area contributed by atoms with Gasteiger partial charge < -0.3 is 35.7 Å². The lowest BCUT2D eigenvalue weighted by Crippen LogP contribution is -2.37. The second-order valence-corrected chi connectivity index (χ2v) is 15.1. The van der Waals surface area contributed by atoms with Crippen molar-refractivity contribution in [2.24, 2.45) is 17.6 Å². The maximum atomic E-state index is 14.0. The minimum atomic E-state index is -1.12. The third-order valence-corrected chi connectivity index (χ3v) is 10.4. The predicted molar refractivity (Wildman–Crippen MR) is 216 cm³/mol. The second kappa shape index (κ2) is 23.4. The van der Waals surface area contributed by atoms with E-state index in [1.54, 1.807) is 26.0 Å². The molecular formula is C42H58FN5O11. The zero-order chi connectivity index (χ0) is 43.8. The van der Waals surface area contributed by atoms with Crippen LogP contribution in [0.1, 0.15) is 85.5 Å². The highest BCUT2D eigenvalue weighted by atomic mass is 19.1. The number of primary amides is 1. The molecule has 1 aliphatic carbocycles. The molecule has 324 valence electrons. The molecule has 0 saturated heterocycles. The minimum Gasteiger partial charge on any atom is -0.439 e. The summed E-state index contributed by atoms with van der Waals surface area (Å²) in [5, 5.41) is 16.8. The van der Waals surface area contributed by atoms with Crippen LogP contribution in [-0.4, -0.2) is 89.3 Å². The number of nitrogens with zero attached hydrogens (tertiary/aromatic N) is 1. The van der Waals surface area contributed by atoms with Crippen LogP contribution in [0.5, 0.6) is 0 Å². The number of ketones is 2. The number of carbonyl (C=O) groups is 5. The molecule has 17 heteroatoms. The Labute approximate surface area is 342 Å². The van der Waals surface area contributed by atoms with E-state index in [0.29, 0.717) is 48.9 Å². The van der Waals surface area contributed by atoms with E-state index in [1.165, 1.54) is 33.3 Å².